The maximum Gasteiger partial charge on any atom is 0.0269 e. The molecule has 0 N–H and O–H groups in total. The zero-order chi connectivity index (χ0) is 8.55. The molecule has 0 radical (unpaired) electrons. The Labute approximate surface area is 84.3 Å². The highest BCUT2D eigenvalue weighted by atomic mass is 32.1. The molecule has 0 nitrogen and oxygen atoms in total. The summed E-state index contributed by atoms with van der Waals surface area (Å²) in [5.41, 5.74) is 1.37. The van der Waals surface area contributed by atoms with E-state index in [4.69, 9.17) is 0 Å². The van der Waals surface area contributed by atoms with E-state index < -0.39 is 0 Å². The average Bonchev–Trinajstić information content (AvgIpc) is 2.07. The second kappa shape index (κ2) is 3.35. The van der Waals surface area contributed by atoms with Gasteiger partial charge in [0.2, 0.25) is 0 Å². The van der Waals surface area contributed by atoms with Crippen molar-refractivity contribution in [2.45, 2.75) is 18.1 Å². The molecule has 0 heterocycles. The summed E-state index contributed by atoms with van der Waals surface area (Å²) in [7, 11) is 0. The first-order valence-electron chi connectivity index (χ1n) is 4.25. The molecule has 2 unspecified atom stereocenters. The Bertz CT molecular complexity index is 274. The molecule has 0 saturated heterocycles. The van der Waals surface area contributed by atoms with E-state index >= 15 is 0 Å². The van der Waals surface area contributed by atoms with Crippen molar-refractivity contribution in [3.05, 3.63) is 34.8 Å². The van der Waals surface area contributed by atoms with Crippen LogP contribution in [0.5, 0.6) is 0 Å². The quantitative estimate of drug-likeness (QED) is 0.547. The van der Waals surface area contributed by atoms with Gasteiger partial charge in [0.15, 0.2) is 0 Å². The molecule has 0 spiro atoms. The molecule has 64 valence electrons. The van der Waals surface area contributed by atoms with Gasteiger partial charge in [0.05, 0.1) is 0 Å². The van der Waals surface area contributed by atoms with Crippen molar-refractivity contribution < 1.29 is 0 Å². The minimum absolute atomic E-state index is 0.390. The van der Waals surface area contributed by atoms with Crippen LogP contribution in [0.15, 0.2) is 34.8 Å². The van der Waals surface area contributed by atoms with Gasteiger partial charge in [0.1, 0.15) is 0 Å². The molecule has 0 bridgehead atoms. The van der Waals surface area contributed by atoms with Gasteiger partial charge in [-0.3, -0.25) is 0 Å². The third-order valence-corrected chi connectivity index (χ3v) is 3.48. The van der Waals surface area contributed by atoms with Crippen molar-refractivity contribution >= 4 is 25.3 Å². The van der Waals surface area contributed by atoms with E-state index in [-0.39, 0.29) is 0 Å². The van der Waals surface area contributed by atoms with Gasteiger partial charge in [-0.2, -0.15) is 12.6 Å². The van der Waals surface area contributed by atoms with Crippen molar-refractivity contribution in [3.63, 3.8) is 0 Å². The third-order valence-electron chi connectivity index (χ3n) is 2.51. The van der Waals surface area contributed by atoms with Gasteiger partial charge in [-0.05, 0) is 18.4 Å². The van der Waals surface area contributed by atoms with E-state index in [2.05, 4.69) is 49.6 Å². The molecule has 12 heavy (non-hydrogen) atoms. The molecule has 2 atom stereocenters. The zero-order valence-electron chi connectivity index (χ0n) is 6.77. The summed E-state index contributed by atoms with van der Waals surface area (Å²) in [4.78, 5) is 1.15. The summed E-state index contributed by atoms with van der Waals surface area (Å²) in [5.74, 6) is 0.593. The minimum Gasteiger partial charge on any atom is -0.171 e. The summed E-state index contributed by atoms with van der Waals surface area (Å²) < 4.78 is 0. The van der Waals surface area contributed by atoms with Crippen molar-refractivity contribution in [1.82, 2.24) is 0 Å². The second-order valence-corrected chi connectivity index (χ2v) is 4.35. The molecule has 2 rings (SSSR count). The molecule has 0 amide bonds. The smallest absolute Gasteiger partial charge is 0.0269 e. The van der Waals surface area contributed by atoms with E-state index in [1.165, 1.54) is 12.0 Å². The maximum absolute atomic E-state index is 4.54. The van der Waals surface area contributed by atoms with Crippen LogP contribution in [0.3, 0.4) is 0 Å². The summed E-state index contributed by atoms with van der Waals surface area (Å²) in [6.45, 7) is 0. The van der Waals surface area contributed by atoms with Crippen LogP contribution in [-0.2, 0) is 0 Å². The highest BCUT2D eigenvalue weighted by molar-refractivity contribution is 7.84. The fourth-order valence-electron chi connectivity index (χ4n) is 1.83. The highest BCUT2D eigenvalue weighted by Crippen LogP contribution is 2.38. The average molecular weight is 196 g/mol. The normalized spacial score (nSPS) is 33.8. The Morgan fingerprint density at radius 3 is 3.00 bits per heavy atom. The van der Waals surface area contributed by atoms with Crippen LogP contribution < -0.4 is 0 Å². The summed E-state index contributed by atoms with van der Waals surface area (Å²) in [6, 6.07) is 0. The van der Waals surface area contributed by atoms with Crippen LogP contribution in [-0.4, -0.2) is 5.25 Å². The van der Waals surface area contributed by atoms with Crippen LogP contribution >= 0.6 is 25.3 Å². The second-order valence-electron chi connectivity index (χ2n) is 3.27. The fourth-order valence-corrected chi connectivity index (χ4v) is 2.61. The lowest BCUT2D eigenvalue weighted by atomic mass is 9.83. The molecule has 2 heteroatoms. The van der Waals surface area contributed by atoms with E-state index in [1.807, 2.05) is 0 Å². The number of rotatable bonds is 0. The third kappa shape index (κ3) is 1.38. The molecule has 0 fully saturated rings. The topological polar surface area (TPSA) is 0 Å². The largest absolute Gasteiger partial charge is 0.171 e. The van der Waals surface area contributed by atoms with Gasteiger partial charge < -0.3 is 0 Å². The van der Waals surface area contributed by atoms with Crippen molar-refractivity contribution in [1.29, 1.82) is 0 Å². The predicted octanol–water partition coefficient (Wildman–Crippen LogP) is 3.00. The molecule has 0 saturated carbocycles. The first kappa shape index (κ1) is 8.52. The minimum atomic E-state index is 0.390. The number of thiol groups is 2. The number of allylic oxidation sites excluding steroid dienone is 4. The molecule has 0 aliphatic heterocycles. The molecule has 0 aromatic rings. The molecular weight excluding hydrogens is 184 g/mol. The van der Waals surface area contributed by atoms with Crippen LogP contribution in [0.2, 0.25) is 0 Å². The van der Waals surface area contributed by atoms with Crippen molar-refractivity contribution in [2.75, 3.05) is 0 Å². The zero-order valence-corrected chi connectivity index (χ0v) is 8.56. The van der Waals surface area contributed by atoms with Crippen LogP contribution in [0.25, 0.3) is 0 Å². The van der Waals surface area contributed by atoms with Crippen LogP contribution in [0, 0.1) is 5.92 Å². The Morgan fingerprint density at radius 2 is 2.25 bits per heavy atom. The maximum atomic E-state index is 4.54. The summed E-state index contributed by atoms with van der Waals surface area (Å²) in [6.07, 6.45) is 11.0. The van der Waals surface area contributed by atoms with Crippen LogP contribution in [0.4, 0.5) is 0 Å². The molecule has 0 aromatic carbocycles. The van der Waals surface area contributed by atoms with Gasteiger partial charge in [0, 0.05) is 16.1 Å². The first-order chi connectivity index (χ1) is 5.79. The Morgan fingerprint density at radius 1 is 1.42 bits per heavy atom. The fraction of sp³-hybridized carbons (Fsp3) is 0.400. The lowest BCUT2D eigenvalue weighted by Crippen LogP contribution is -2.20. The van der Waals surface area contributed by atoms with Gasteiger partial charge in [0.25, 0.3) is 0 Å². The number of hydrogen-bond donors (Lipinski definition) is 2. The van der Waals surface area contributed by atoms with Crippen molar-refractivity contribution in [2.24, 2.45) is 5.92 Å². The summed E-state index contributed by atoms with van der Waals surface area (Å²) in [5, 5.41) is 0.390. The van der Waals surface area contributed by atoms with Gasteiger partial charge in [-0.25, -0.2) is 0 Å². The van der Waals surface area contributed by atoms with Gasteiger partial charge >= 0.3 is 0 Å². The lowest BCUT2D eigenvalue weighted by molar-refractivity contribution is 0.576. The van der Waals surface area contributed by atoms with Crippen molar-refractivity contribution in [3.8, 4) is 0 Å². The van der Waals surface area contributed by atoms with E-state index in [0.29, 0.717) is 11.2 Å². The first-order valence-corrected chi connectivity index (χ1v) is 5.21. The Kier molecular flexibility index (Phi) is 2.37. The molecule has 0 aromatic heterocycles. The Hall–Kier alpha value is -0.0800. The summed E-state index contributed by atoms with van der Waals surface area (Å²) >= 11 is 8.98. The van der Waals surface area contributed by atoms with Crippen LogP contribution in [0.1, 0.15) is 12.8 Å². The van der Waals surface area contributed by atoms with E-state index in [0.717, 1.165) is 11.3 Å². The highest BCUT2D eigenvalue weighted by Gasteiger charge is 2.25. The SMILES string of the molecule is SC1=CCCC2C1=CC=CC2S. The molecule has 2 aliphatic carbocycles. The van der Waals surface area contributed by atoms with E-state index in [1.54, 1.807) is 0 Å². The number of hydrogen-bond acceptors (Lipinski definition) is 2. The van der Waals surface area contributed by atoms with E-state index in [9.17, 15) is 0 Å². The number of fused-ring (bicyclic) bond motifs is 1. The predicted molar refractivity (Wildman–Crippen MR) is 59.8 cm³/mol. The van der Waals surface area contributed by atoms with Gasteiger partial charge in [-0.1, -0.05) is 24.3 Å². The standard InChI is InChI=1S/C10H12S2/c11-9-5-1-3-7-8(9)4-2-6-10(7)12/h1,3,5-6,8-9,11-12H,2,4H2. The Balaban J connectivity index is 2.35. The molecule has 2 aliphatic rings. The molecular formula is C10H12S2. The monoisotopic (exact) mass is 196 g/mol. The lowest BCUT2D eigenvalue weighted by Gasteiger charge is -2.29. The van der Waals surface area contributed by atoms with Gasteiger partial charge in [-0.15, -0.1) is 12.6 Å².